The van der Waals surface area contributed by atoms with Gasteiger partial charge in [-0.25, -0.2) is 0 Å². The minimum Gasteiger partial charge on any atom is -0.372 e. The van der Waals surface area contributed by atoms with Crippen molar-refractivity contribution in [3.8, 4) is 0 Å². The molecule has 1 spiro atoms. The normalized spacial score (nSPS) is 27.9. The summed E-state index contributed by atoms with van der Waals surface area (Å²) in [6.45, 7) is 7.13. The van der Waals surface area contributed by atoms with Gasteiger partial charge in [0.25, 0.3) is 0 Å². The maximum Gasteiger partial charge on any atom is 0.248 e. The largest absolute Gasteiger partial charge is 0.372 e. The molecular weight excluding hydrogens is 228 g/mol. The fourth-order valence-electron chi connectivity index (χ4n) is 3.06. The van der Waals surface area contributed by atoms with Crippen molar-refractivity contribution in [3.63, 3.8) is 0 Å². The summed E-state index contributed by atoms with van der Waals surface area (Å²) in [6, 6.07) is 0. The van der Waals surface area contributed by atoms with Gasteiger partial charge in [0, 0.05) is 31.7 Å². The second-order valence-electron chi connectivity index (χ2n) is 5.75. The summed E-state index contributed by atoms with van der Waals surface area (Å²) in [7, 11) is 0. The highest BCUT2D eigenvalue weighted by atomic mass is 16.5. The van der Waals surface area contributed by atoms with E-state index in [-0.39, 0.29) is 12.5 Å². The summed E-state index contributed by atoms with van der Waals surface area (Å²) >= 11 is 0. The first-order chi connectivity index (χ1) is 8.76. The molecule has 18 heavy (non-hydrogen) atoms. The van der Waals surface area contributed by atoms with Crippen LogP contribution in [0.15, 0.2) is 0 Å². The lowest BCUT2D eigenvalue weighted by atomic mass is 9.79. The van der Waals surface area contributed by atoms with Crippen molar-refractivity contribution in [3.05, 3.63) is 0 Å². The molecule has 2 aliphatic heterocycles. The monoisotopic (exact) mass is 254 g/mol. The van der Waals surface area contributed by atoms with Crippen molar-refractivity contribution in [1.82, 2.24) is 10.2 Å². The summed E-state index contributed by atoms with van der Waals surface area (Å²) < 4.78 is 5.43. The van der Waals surface area contributed by atoms with Crippen LogP contribution in [0.1, 0.15) is 39.0 Å². The van der Waals surface area contributed by atoms with Crippen LogP contribution >= 0.6 is 0 Å². The van der Waals surface area contributed by atoms with E-state index in [1.54, 1.807) is 0 Å². The molecule has 0 aromatic heterocycles. The Labute approximate surface area is 110 Å². The van der Waals surface area contributed by atoms with E-state index >= 15 is 0 Å². The average Bonchev–Trinajstić information content (AvgIpc) is 2.82. The Morgan fingerprint density at radius 3 is 3.06 bits per heavy atom. The zero-order valence-corrected chi connectivity index (χ0v) is 11.5. The van der Waals surface area contributed by atoms with Gasteiger partial charge in [0.05, 0.1) is 0 Å². The molecule has 2 fully saturated rings. The number of rotatable bonds is 5. The van der Waals surface area contributed by atoms with Gasteiger partial charge in [-0.2, -0.15) is 0 Å². The first-order valence-electron chi connectivity index (χ1n) is 7.32. The van der Waals surface area contributed by atoms with E-state index in [0.29, 0.717) is 12.0 Å². The highest BCUT2D eigenvalue weighted by molar-refractivity contribution is 5.77. The van der Waals surface area contributed by atoms with Crippen LogP contribution < -0.4 is 5.32 Å². The van der Waals surface area contributed by atoms with Crippen LogP contribution in [0.5, 0.6) is 0 Å². The standard InChI is InChI=1S/C14H26N2O2/c1-2-3-9-18-10-13(17)16-8-4-5-14(12-16)6-7-15-11-14/h15H,2-12H2,1H3/t14-/m0/s1. The smallest absolute Gasteiger partial charge is 0.248 e. The molecule has 1 amide bonds. The number of carbonyl (C=O) groups is 1. The van der Waals surface area contributed by atoms with Gasteiger partial charge >= 0.3 is 0 Å². The average molecular weight is 254 g/mol. The van der Waals surface area contributed by atoms with Crippen molar-refractivity contribution < 1.29 is 9.53 Å². The van der Waals surface area contributed by atoms with Crippen LogP contribution in [0.4, 0.5) is 0 Å². The van der Waals surface area contributed by atoms with E-state index in [9.17, 15) is 4.79 Å². The number of nitrogens with zero attached hydrogens (tertiary/aromatic N) is 1. The maximum atomic E-state index is 12.1. The molecule has 0 aromatic rings. The van der Waals surface area contributed by atoms with Crippen molar-refractivity contribution in [2.45, 2.75) is 39.0 Å². The summed E-state index contributed by atoms with van der Waals surface area (Å²) in [5.74, 6) is 0.178. The zero-order valence-electron chi connectivity index (χ0n) is 11.5. The quantitative estimate of drug-likeness (QED) is 0.754. The minimum atomic E-state index is 0.178. The number of ether oxygens (including phenoxy) is 1. The summed E-state index contributed by atoms with van der Waals surface area (Å²) in [5.41, 5.74) is 0.358. The van der Waals surface area contributed by atoms with Crippen molar-refractivity contribution in [1.29, 1.82) is 0 Å². The van der Waals surface area contributed by atoms with E-state index in [1.165, 1.54) is 12.8 Å². The zero-order chi connectivity index (χ0) is 12.8. The first-order valence-corrected chi connectivity index (χ1v) is 7.32. The van der Waals surface area contributed by atoms with Crippen molar-refractivity contribution in [2.75, 3.05) is 39.4 Å². The lowest BCUT2D eigenvalue weighted by Crippen LogP contribution is -2.48. The third-order valence-corrected chi connectivity index (χ3v) is 4.21. The third kappa shape index (κ3) is 3.45. The maximum absolute atomic E-state index is 12.1. The van der Waals surface area contributed by atoms with Gasteiger partial charge < -0.3 is 15.0 Å². The molecule has 1 atom stereocenters. The Hall–Kier alpha value is -0.610. The number of piperidine rings is 1. The highest BCUT2D eigenvalue weighted by Gasteiger charge is 2.39. The molecule has 2 rings (SSSR count). The molecule has 0 aliphatic carbocycles. The Balaban J connectivity index is 1.75. The molecule has 0 radical (unpaired) electrons. The van der Waals surface area contributed by atoms with Gasteiger partial charge in [0.15, 0.2) is 0 Å². The van der Waals surface area contributed by atoms with Crippen LogP contribution in [-0.2, 0) is 9.53 Å². The van der Waals surface area contributed by atoms with Crippen LogP contribution in [0.3, 0.4) is 0 Å². The van der Waals surface area contributed by atoms with Crippen LogP contribution in [0.2, 0.25) is 0 Å². The van der Waals surface area contributed by atoms with E-state index in [1.807, 2.05) is 4.90 Å². The van der Waals surface area contributed by atoms with Crippen LogP contribution in [0, 0.1) is 5.41 Å². The SMILES string of the molecule is CCCCOCC(=O)N1CCC[C@@]2(CCNC2)C1. The fraction of sp³-hybridized carbons (Fsp3) is 0.929. The predicted octanol–water partition coefficient (Wildman–Crippen LogP) is 1.41. The summed E-state index contributed by atoms with van der Waals surface area (Å²) in [4.78, 5) is 14.1. The molecule has 104 valence electrons. The lowest BCUT2D eigenvalue weighted by molar-refractivity contribution is -0.139. The second-order valence-corrected chi connectivity index (χ2v) is 5.75. The van der Waals surface area contributed by atoms with Gasteiger partial charge in [-0.05, 0) is 32.2 Å². The van der Waals surface area contributed by atoms with E-state index < -0.39 is 0 Å². The molecule has 0 bridgehead atoms. The van der Waals surface area contributed by atoms with E-state index in [2.05, 4.69) is 12.2 Å². The Bertz CT molecular complexity index is 275. The lowest BCUT2D eigenvalue weighted by Gasteiger charge is -2.40. The molecule has 0 saturated carbocycles. The summed E-state index contributed by atoms with van der Waals surface area (Å²) in [6.07, 6.45) is 5.78. The molecule has 0 aromatic carbocycles. The highest BCUT2D eigenvalue weighted by Crippen LogP contribution is 2.35. The predicted molar refractivity (Wildman–Crippen MR) is 71.5 cm³/mol. The van der Waals surface area contributed by atoms with Crippen LogP contribution in [-0.4, -0.2) is 50.2 Å². The molecule has 0 unspecified atom stereocenters. The molecule has 4 nitrogen and oxygen atoms in total. The Morgan fingerprint density at radius 1 is 1.44 bits per heavy atom. The number of hydrogen-bond acceptors (Lipinski definition) is 3. The number of nitrogens with one attached hydrogen (secondary N) is 1. The number of amides is 1. The number of likely N-dealkylation sites (tertiary alicyclic amines) is 1. The minimum absolute atomic E-state index is 0.178. The molecule has 2 heterocycles. The topological polar surface area (TPSA) is 41.6 Å². The Kier molecular flexibility index (Phi) is 5.01. The molecule has 1 N–H and O–H groups in total. The molecule has 2 saturated heterocycles. The Morgan fingerprint density at radius 2 is 2.33 bits per heavy atom. The number of hydrogen-bond donors (Lipinski definition) is 1. The molecular formula is C14H26N2O2. The van der Waals surface area contributed by atoms with Gasteiger partial charge in [0.1, 0.15) is 6.61 Å². The third-order valence-electron chi connectivity index (χ3n) is 4.21. The van der Waals surface area contributed by atoms with Gasteiger partial charge in [-0.15, -0.1) is 0 Å². The van der Waals surface area contributed by atoms with Gasteiger partial charge in [-0.1, -0.05) is 13.3 Å². The second kappa shape index (κ2) is 6.53. The molecule has 4 heteroatoms. The van der Waals surface area contributed by atoms with E-state index in [0.717, 1.165) is 45.4 Å². The number of carbonyl (C=O) groups excluding carboxylic acids is 1. The molecule has 2 aliphatic rings. The van der Waals surface area contributed by atoms with Crippen molar-refractivity contribution in [2.24, 2.45) is 5.41 Å². The van der Waals surface area contributed by atoms with Crippen LogP contribution in [0.25, 0.3) is 0 Å². The van der Waals surface area contributed by atoms with Gasteiger partial charge in [-0.3, -0.25) is 4.79 Å². The first kappa shape index (κ1) is 13.8. The van der Waals surface area contributed by atoms with Gasteiger partial charge in [0.2, 0.25) is 5.91 Å². The fourth-order valence-corrected chi connectivity index (χ4v) is 3.06. The summed E-state index contributed by atoms with van der Waals surface area (Å²) in [5, 5.41) is 3.43. The van der Waals surface area contributed by atoms with Crippen molar-refractivity contribution >= 4 is 5.91 Å². The van der Waals surface area contributed by atoms with E-state index in [4.69, 9.17) is 4.74 Å². The number of unbranched alkanes of at least 4 members (excludes halogenated alkanes) is 1.